The molecule has 3 N–H and O–H groups in total. The summed E-state index contributed by atoms with van der Waals surface area (Å²) in [6.07, 6.45) is 1.32. The molecule has 12 atom stereocenters. The van der Waals surface area contributed by atoms with Gasteiger partial charge in [-0.05, 0) is 55.8 Å². The van der Waals surface area contributed by atoms with E-state index in [0.29, 0.717) is 18.8 Å². The molecule has 0 aromatic heterocycles. The number of aliphatic hydroxyl groups excluding tert-OH is 2. The molecule has 4 bridgehead atoms. The molecule has 0 amide bonds. The minimum absolute atomic E-state index is 0.0219. The molecule has 0 aromatic carbocycles. The van der Waals surface area contributed by atoms with Crippen molar-refractivity contribution in [3.63, 3.8) is 0 Å². The maximum Gasteiger partial charge on any atom is 0.315 e. The van der Waals surface area contributed by atoms with E-state index in [-0.39, 0.29) is 30.3 Å². The summed E-state index contributed by atoms with van der Waals surface area (Å²) in [5, 5.41) is 32.3. The third kappa shape index (κ3) is 2.92. The molecule has 196 valence electrons. The van der Waals surface area contributed by atoms with Crippen LogP contribution in [0.4, 0.5) is 0 Å². The molecule has 35 heavy (non-hydrogen) atoms. The van der Waals surface area contributed by atoms with Crippen molar-refractivity contribution < 1.29 is 39.1 Å². The molecule has 0 radical (unpaired) electrons. The molecule has 8 heteroatoms. The van der Waals surface area contributed by atoms with Crippen LogP contribution < -0.4 is 0 Å². The lowest BCUT2D eigenvalue weighted by Crippen LogP contribution is -2.64. The average molecular weight is 493 g/mol. The Balaban J connectivity index is 1.57. The number of ether oxygens (including phenoxy) is 3. The summed E-state index contributed by atoms with van der Waals surface area (Å²) in [5.41, 5.74) is -2.28. The quantitative estimate of drug-likeness (QED) is 0.366. The molecule has 4 fully saturated rings. The molecule has 1 saturated heterocycles. The third-order valence-corrected chi connectivity index (χ3v) is 10.7. The average Bonchev–Trinajstić information content (AvgIpc) is 3.38. The first kappa shape index (κ1) is 25.3. The second-order valence-electron chi connectivity index (χ2n) is 12.2. The fourth-order valence-corrected chi connectivity index (χ4v) is 9.34. The van der Waals surface area contributed by atoms with Crippen LogP contribution in [0.3, 0.4) is 0 Å². The van der Waals surface area contributed by atoms with Gasteiger partial charge in [0.15, 0.2) is 6.29 Å². The van der Waals surface area contributed by atoms with Crippen LogP contribution in [0.1, 0.15) is 53.4 Å². The van der Waals surface area contributed by atoms with Gasteiger partial charge in [0.25, 0.3) is 0 Å². The largest absolute Gasteiger partial charge is 0.481 e. The number of fused-ring (bicyclic) bond motifs is 2. The summed E-state index contributed by atoms with van der Waals surface area (Å²) in [5.74, 6) is -0.358. The van der Waals surface area contributed by atoms with Crippen molar-refractivity contribution in [1.82, 2.24) is 0 Å². The van der Waals surface area contributed by atoms with Gasteiger partial charge >= 0.3 is 5.97 Å². The Kier molecular flexibility index (Phi) is 6.04. The second kappa shape index (κ2) is 8.35. The topological polar surface area (TPSA) is 123 Å². The summed E-state index contributed by atoms with van der Waals surface area (Å²) in [4.78, 5) is 26.5. The molecule has 3 saturated carbocycles. The third-order valence-electron chi connectivity index (χ3n) is 10.7. The first-order valence-corrected chi connectivity index (χ1v) is 13.1. The predicted octanol–water partition coefficient (Wildman–Crippen LogP) is 2.41. The Hall–Kier alpha value is -1.32. The van der Waals surface area contributed by atoms with Gasteiger partial charge in [-0.25, -0.2) is 0 Å². The van der Waals surface area contributed by atoms with Crippen LogP contribution in [0.25, 0.3) is 0 Å². The lowest BCUT2D eigenvalue weighted by atomic mass is 9.43. The highest BCUT2D eigenvalue weighted by molar-refractivity contribution is 5.90. The van der Waals surface area contributed by atoms with E-state index in [1.807, 2.05) is 13.8 Å². The zero-order chi connectivity index (χ0) is 25.5. The lowest BCUT2D eigenvalue weighted by Gasteiger charge is -2.58. The molecule has 5 aliphatic rings. The van der Waals surface area contributed by atoms with Gasteiger partial charge in [-0.2, -0.15) is 0 Å². The summed E-state index contributed by atoms with van der Waals surface area (Å²) in [7, 11) is 1.45. The molecular formula is C27H40O8. The van der Waals surface area contributed by atoms with E-state index in [0.717, 1.165) is 24.7 Å². The van der Waals surface area contributed by atoms with Gasteiger partial charge in [-0.15, -0.1) is 0 Å². The molecule has 0 aromatic rings. The van der Waals surface area contributed by atoms with Crippen molar-refractivity contribution >= 4 is 12.3 Å². The number of aliphatic carboxylic acids is 1. The van der Waals surface area contributed by atoms with Crippen molar-refractivity contribution in [3.05, 3.63) is 11.6 Å². The smallest absolute Gasteiger partial charge is 0.315 e. The fourth-order valence-electron chi connectivity index (χ4n) is 9.34. The maximum absolute atomic E-state index is 13.5. The Morgan fingerprint density at radius 1 is 1.23 bits per heavy atom. The van der Waals surface area contributed by atoms with E-state index in [4.69, 9.17) is 14.2 Å². The van der Waals surface area contributed by atoms with Gasteiger partial charge in [-0.1, -0.05) is 38.8 Å². The number of hydrogen-bond donors (Lipinski definition) is 3. The number of hydrogen-bond acceptors (Lipinski definition) is 7. The summed E-state index contributed by atoms with van der Waals surface area (Å²) >= 11 is 0. The van der Waals surface area contributed by atoms with Crippen LogP contribution in [-0.2, 0) is 23.8 Å². The second-order valence-corrected chi connectivity index (χ2v) is 12.2. The highest BCUT2D eigenvalue weighted by Gasteiger charge is 2.84. The zero-order valence-electron chi connectivity index (χ0n) is 21.3. The van der Waals surface area contributed by atoms with E-state index in [9.17, 15) is 24.9 Å². The van der Waals surface area contributed by atoms with Crippen molar-refractivity contribution in [3.8, 4) is 0 Å². The normalized spacial score (nSPS) is 52.5. The Labute approximate surface area is 207 Å². The van der Waals surface area contributed by atoms with Crippen LogP contribution in [0, 0.1) is 45.8 Å². The number of carbonyl (C=O) groups excluding carboxylic acids is 1. The Morgan fingerprint density at radius 2 is 1.94 bits per heavy atom. The van der Waals surface area contributed by atoms with Crippen molar-refractivity contribution in [2.75, 3.05) is 13.7 Å². The number of carbonyl (C=O) groups is 2. The van der Waals surface area contributed by atoms with Crippen LogP contribution in [0.15, 0.2) is 11.6 Å². The van der Waals surface area contributed by atoms with Crippen molar-refractivity contribution in [1.29, 1.82) is 0 Å². The Morgan fingerprint density at radius 3 is 2.54 bits per heavy atom. The SMILES string of the molecule is CO[C@H]1[C@@H](O)[C@H](O)[C@H](OCC23C[C@@H]4[C@H](C)CC[C@H]4C4(C=O)CC2C=C(C(C)C)C34C(=O)O)O[C@@H]1C. The van der Waals surface area contributed by atoms with Gasteiger partial charge in [0.2, 0.25) is 0 Å². The molecule has 4 unspecified atom stereocenters. The fraction of sp³-hybridized carbons (Fsp3) is 0.852. The molecule has 1 heterocycles. The zero-order valence-corrected chi connectivity index (χ0v) is 21.3. The van der Waals surface area contributed by atoms with Gasteiger partial charge < -0.3 is 34.3 Å². The van der Waals surface area contributed by atoms with Gasteiger partial charge in [0, 0.05) is 12.5 Å². The van der Waals surface area contributed by atoms with Crippen LogP contribution >= 0.6 is 0 Å². The number of allylic oxidation sites excluding steroid dienone is 1. The monoisotopic (exact) mass is 492 g/mol. The minimum Gasteiger partial charge on any atom is -0.481 e. The van der Waals surface area contributed by atoms with Crippen LogP contribution in [-0.4, -0.2) is 72.0 Å². The molecular weight excluding hydrogens is 452 g/mol. The number of rotatable bonds is 7. The molecule has 0 spiro atoms. The van der Waals surface area contributed by atoms with Gasteiger partial charge in [-0.3, -0.25) is 4.79 Å². The van der Waals surface area contributed by atoms with E-state index < -0.39 is 52.9 Å². The molecule has 1 aliphatic heterocycles. The Bertz CT molecular complexity index is 917. The van der Waals surface area contributed by atoms with Gasteiger partial charge in [0.05, 0.1) is 18.1 Å². The van der Waals surface area contributed by atoms with Gasteiger partial charge in [0.1, 0.15) is 30.0 Å². The number of aldehydes is 1. The summed E-state index contributed by atoms with van der Waals surface area (Å²) in [6, 6.07) is 0. The van der Waals surface area contributed by atoms with Crippen LogP contribution in [0.5, 0.6) is 0 Å². The molecule has 5 rings (SSSR count). The predicted molar refractivity (Wildman–Crippen MR) is 125 cm³/mol. The maximum atomic E-state index is 13.5. The first-order valence-electron chi connectivity index (χ1n) is 13.1. The van der Waals surface area contributed by atoms with Crippen LogP contribution in [0.2, 0.25) is 0 Å². The minimum atomic E-state index is -1.34. The number of carboxylic acid groups (broad SMARTS) is 1. The number of carboxylic acids is 1. The summed E-state index contributed by atoms with van der Waals surface area (Å²) < 4.78 is 17.4. The highest BCUT2D eigenvalue weighted by atomic mass is 16.7. The van der Waals surface area contributed by atoms with Crippen molar-refractivity contribution in [2.45, 2.75) is 84.1 Å². The number of methoxy groups -OCH3 is 1. The van der Waals surface area contributed by atoms with E-state index in [1.165, 1.54) is 7.11 Å². The summed E-state index contributed by atoms with van der Waals surface area (Å²) in [6.45, 7) is 8.02. The number of aliphatic hydroxyl groups is 2. The lowest BCUT2D eigenvalue weighted by molar-refractivity contribution is -0.306. The van der Waals surface area contributed by atoms with E-state index in [2.05, 4.69) is 13.0 Å². The standard InChI is InChI=1S/C27H40O8/c1-13(2)19-8-16-9-25(11-28)18-7-6-14(3)17(18)10-26(16,27(19,25)24(31)32)12-34-23-21(30)20(29)22(33-5)15(4)35-23/h8,11,13-18,20-23,29-30H,6-7,9-10,12H2,1-5H3,(H,31,32)/t14-,15-,16?,17-,18-,20+,21+,22-,23-,25?,26?,27?/m1/s1. The van der Waals surface area contributed by atoms with E-state index in [1.54, 1.807) is 6.92 Å². The molecule has 4 aliphatic carbocycles. The molecule has 8 nitrogen and oxygen atoms in total. The van der Waals surface area contributed by atoms with Crippen molar-refractivity contribution in [2.24, 2.45) is 45.8 Å². The first-order chi connectivity index (χ1) is 16.5. The van der Waals surface area contributed by atoms with E-state index >= 15 is 0 Å². The highest BCUT2D eigenvalue weighted by Crippen LogP contribution is 2.82.